The van der Waals surface area contributed by atoms with Gasteiger partial charge in [0.2, 0.25) is 5.91 Å². The molecule has 2 rings (SSSR count). The first kappa shape index (κ1) is 15.8. The molecule has 114 valence electrons. The van der Waals surface area contributed by atoms with Crippen molar-refractivity contribution >= 4 is 33.6 Å². The van der Waals surface area contributed by atoms with Crippen LogP contribution >= 0.6 is 15.9 Å². The number of carbonyl (C=O) groups excluding carboxylic acids is 2. The summed E-state index contributed by atoms with van der Waals surface area (Å²) < 4.78 is 5.95. The maximum Gasteiger partial charge on any atom is 0.410 e. The zero-order valence-corrected chi connectivity index (χ0v) is 13.9. The van der Waals surface area contributed by atoms with Crippen LogP contribution in [-0.4, -0.2) is 47.1 Å². The molecular formula is C14H18BrN3O3. The highest BCUT2D eigenvalue weighted by Gasteiger charge is 2.30. The zero-order valence-electron chi connectivity index (χ0n) is 12.3. The number of pyridine rings is 1. The molecule has 7 heteroatoms. The first-order valence-electron chi connectivity index (χ1n) is 6.66. The minimum atomic E-state index is -0.562. The van der Waals surface area contributed by atoms with E-state index < -0.39 is 11.7 Å². The van der Waals surface area contributed by atoms with Gasteiger partial charge in [0.05, 0.1) is 0 Å². The molecule has 6 nitrogen and oxygen atoms in total. The number of piperazine rings is 1. The molecule has 1 aliphatic heterocycles. The molecule has 0 aliphatic carbocycles. The minimum absolute atomic E-state index is 0.0227. The molecule has 0 radical (unpaired) electrons. The van der Waals surface area contributed by atoms with E-state index >= 15 is 0 Å². The fourth-order valence-electron chi connectivity index (χ4n) is 1.99. The predicted octanol–water partition coefficient (Wildman–Crippen LogP) is 2.43. The Bertz CT molecular complexity index is 557. The van der Waals surface area contributed by atoms with Crippen LogP contribution in [0.1, 0.15) is 20.8 Å². The number of hydrogen-bond acceptors (Lipinski definition) is 4. The molecule has 1 saturated heterocycles. The Labute approximate surface area is 132 Å². The maximum absolute atomic E-state index is 12.2. The highest BCUT2D eigenvalue weighted by atomic mass is 79.9. The fraction of sp³-hybridized carbons (Fsp3) is 0.500. The summed E-state index contributed by atoms with van der Waals surface area (Å²) in [6.07, 6.45) is 1.18. The lowest BCUT2D eigenvalue weighted by Gasteiger charge is -2.35. The number of ether oxygens (including phenoxy) is 1. The van der Waals surface area contributed by atoms with Gasteiger partial charge in [-0.1, -0.05) is 0 Å². The van der Waals surface area contributed by atoms with Gasteiger partial charge in [-0.25, -0.2) is 9.78 Å². The predicted molar refractivity (Wildman–Crippen MR) is 82.1 cm³/mol. The third-order valence-corrected chi connectivity index (χ3v) is 3.33. The Morgan fingerprint density at radius 2 is 2.10 bits per heavy atom. The smallest absolute Gasteiger partial charge is 0.410 e. The lowest BCUT2D eigenvalue weighted by molar-refractivity contribution is -0.121. The van der Waals surface area contributed by atoms with Crippen LogP contribution in [0.3, 0.4) is 0 Å². The summed E-state index contributed by atoms with van der Waals surface area (Å²) in [6, 6.07) is 3.55. The van der Waals surface area contributed by atoms with Gasteiger partial charge >= 0.3 is 6.09 Å². The number of aromatic nitrogens is 1. The number of nitrogens with zero attached hydrogens (tertiary/aromatic N) is 3. The third kappa shape index (κ3) is 4.17. The van der Waals surface area contributed by atoms with Crippen LogP contribution in [0.5, 0.6) is 0 Å². The van der Waals surface area contributed by atoms with E-state index in [0.717, 1.165) is 5.69 Å². The molecule has 1 aromatic heterocycles. The Kier molecular flexibility index (Phi) is 4.51. The van der Waals surface area contributed by atoms with Crippen molar-refractivity contribution in [3.05, 3.63) is 22.9 Å². The van der Waals surface area contributed by atoms with Gasteiger partial charge in [-0.2, -0.15) is 0 Å². The van der Waals surface area contributed by atoms with Gasteiger partial charge in [0.25, 0.3) is 0 Å². The molecule has 21 heavy (non-hydrogen) atoms. The van der Waals surface area contributed by atoms with Crippen LogP contribution < -0.4 is 4.90 Å². The quantitative estimate of drug-likeness (QED) is 0.725. The lowest BCUT2D eigenvalue weighted by atomic mass is 10.2. The number of hydrogen-bond donors (Lipinski definition) is 0. The maximum atomic E-state index is 12.2. The summed E-state index contributed by atoms with van der Waals surface area (Å²) in [6.45, 7) is 6.32. The molecule has 0 spiro atoms. The molecule has 0 saturated carbocycles. The van der Waals surface area contributed by atoms with Crippen molar-refractivity contribution in [1.82, 2.24) is 9.88 Å². The number of anilines is 1. The molecule has 0 atom stereocenters. The van der Waals surface area contributed by atoms with Crippen LogP contribution in [0, 0.1) is 0 Å². The van der Waals surface area contributed by atoms with Crippen molar-refractivity contribution in [2.45, 2.75) is 26.4 Å². The second kappa shape index (κ2) is 6.01. The fourth-order valence-corrected chi connectivity index (χ4v) is 2.34. The summed E-state index contributed by atoms with van der Waals surface area (Å²) in [4.78, 5) is 31.3. The van der Waals surface area contributed by atoms with Crippen LogP contribution in [0.15, 0.2) is 22.9 Å². The van der Waals surface area contributed by atoms with Gasteiger partial charge in [0, 0.05) is 25.0 Å². The number of rotatable bonds is 1. The van der Waals surface area contributed by atoms with Crippen LogP contribution in [0.2, 0.25) is 0 Å². The third-order valence-electron chi connectivity index (χ3n) is 2.89. The van der Waals surface area contributed by atoms with Crippen LogP contribution in [-0.2, 0) is 9.53 Å². The summed E-state index contributed by atoms with van der Waals surface area (Å²) >= 11 is 3.28. The molecular weight excluding hydrogens is 338 g/mol. The van der Waals surface area contributed by atoms with E-state index in [2.05, 4.69) is 20.9 Å². The molecule has 0 bridgehead atoms. The van der Waals surface area contributed by atoms with Crippen molar-refractivity contribution in [3.8, 4) is 0 Å². The highest BCUT2D eigenvalue weighted by molar-refractivity contribution is 9.10. The molecule has 0 N–H and O–H groups in total. The van der Waals surface area contributed by atoms with E-state index in [1.165, 1.54) is 4.90 Å². The number of halogens is 1. The Morgan fingerprint density at radius 3 is 2.67 bits per heavy atom. The van der Waals surface area contributed by atoms with Crippen LogP contribution in [0.25, 0.3) is 0 Å². The van der Waals surface area contributed by atoms with Gasteiger partial charge in [-0.3, -0.25) is 9.69 Å². The van der Waals surface area contributed by atoms with E-state index in [1.807, 2.05) is 0 Å². The van der Waals surface area contributed by atoms with E-state index in [0.29, 0.717) is 17.7 Å². The summed E-state index contributed by atoms with van der Waals surface area (Å²) in [7, 11) is 0. The van der Waals surface area contributed by atoms with Crippen molar-refractivity contribution in [1.29, 1.82) is 0 Å². The summed E-state index contributed by atoms with van der Waals surface area (Å²) in [5.74, 6) is -0.134. The molecule has 2 amide bonds. The average Bonchev–Trinajstić information content (AvgIpc) is 2.36. The number of carbonyl (C=O) groups is 2. The number of amides is 2. The SMILES string of the molecule is CC(C)(C)OC(=O)N1CCN(c2ccnc(Br)c2)C(=O)C1. The second-order valence-corrected chi connectivity index (χ2v) is 6.60. The highest BCUT2D eigenvalue weighted by Crippen LogP contribution is 2.20. The second-order valence-electron chi connectivity index (χ2n) is 5.78. The topological polar surface area (TPSA) is 62.7 Å². The van der Waals surface area contributed by atoms with Crippen LogP contribution in [0.4, 0.5) is 10.5 Å². The molecule has 1 aliphatic rings. The van der Waals surface area contributed by atoms with E-state index in [4.69, 9.17) is 4.74 Å². The zero-order chi connectivity index (χ0) is 15.6. The largest absolute Gasteiger partial charge is 0.444 e. The van der Waals surface area contributed by atoms with Crippen molar-refractivity contribution in [2.75, 3.05) is 24.5 Å². The van der Waals surface area contributed by atoms with Gasteiger partial charge < -0.3 is 9.64 Å². The Balaban J connectivity index is 2.03. The first-order chi connectivity index (χ1) is 9.76. The molecule has 0 aromatic carbocycles. The molecule has 1 fully saturated rings. The summed E-state index contributed by atoms with van der Waals surface area (Å²) in [5.41, 5.74) is 0.207. The van der Waals surface area contributed by atoms with Gasteiger partial charge in [0.1, 0.15) is 16.7 Å². The monoisotopic (exact) mass is 355 g/mol. The van der Waals surface area contributed by atoms with Crippen molar-refractivity contribution in [2.24, 2.45) is 0 Å². The normalized spacial score (nSPS) is 16.1. The van der Waals surface area contributed by atoms with Crippen molar-refractivity contribution in [3.63, 3.8) is 0 Å². The van der Waals surface area contributed by atoms with Gasteiger partial charge in [-0.05, 0) is 48.8 Å². The average molecular weight is 356 g/mol. The first-order valence-corrected chi connectivity index (χ1v) is 7.45. The molecule has 1 aromatic rings. The molecule has 0 unspecified atom stereocenters. The minimum Gasteiger partial charge on any atom is -0.444 e. The Hall–Kier alpha value is -1.63. The standard InChI is InChI=1S/C14H18BrN3O3/c1-14(2,3)21-13(20)17-6-7-18(12(19)9-17)10-4-5-16-11(15)8-10/h4-5,8H,6-7,9H2,1-3H3. The summed E-state index contributed by atoms with van der Waals surface area (Å²) in [5, 5.41) is 0. The van der Waals surface area contributed by atoms with E-state index in [1.54, 1.807) is 44.0 Å². The van der Waals surface area contributed by atoms with Gasteiger partial charge in [0.15, 0.2) is 0 Å². The van der Waals surface area contributed by atoms with E-state index in [9.17, 15) is 9.59 Å². The molecule has 2 heterocycles. The van der Waals surface area contributed by atoms with Crippen molar-refractivity contribution < 1.29 is 14.3 Å². The Morgan fingerprint density at radius 1 is 1.38 bits per heavy atom. The van der Waals surface area contributed by atoms with Gasteiger partial charge in [-0.15, -0.1) is 0 Å². The van der Waals surface area contributed by atoms with E-state index in [-0.39, 0.29) is 12.5 Å². The lowest BCUT2D eigenvalue weighted by Crippen LogP contribution is -2.53.